The van der Waals surface area contributed by atoms with Crippen molar-refractivity contribution >= 4 is 17.6 Å². The van der Waals surface area contributed by atoms with E-state index in [0.717, 1.165) is 36.9 Å². The van der Waals surface area contributed by atoms with E-state index < -0.39 is 5.97 Å². The Kier molecular flexibility index (Phi) is 4.99. The fourth-order valence-electron chi connectivity index (χ4n) is 2.85. The van der Waals surface area contributed by atoms with Gasteiger partial charge in [-0.15, -0.1) is 0 Å². The smallest absolute Gasteiger partial charge is 0.303 e. The van der Waals surface area contributed by atoms with Gasteiger partial charge in [0, 0.05) is 17.5 Å². The summed E-state index contributed by atoms with van der Waals surface area (Å²) in [7, 11) is 0. The molecule has 2 rings (SSSR count). The van der Waals surface area contributed by atoms with Crippen LogP contribution in [0.4, 0.5) is 5.69 Å². The zero-order valence-corrected chi connectivity index (χ0v) is 12.5. The lowest BCUT2D eigenvalue weighted by Gasteiger charge is -2.32. The average Bonchev–Trinajstić information content (AvgIpc) is 2.47. The minimum absolute atomic E-state index is 0.0977. The highest BCUT2D eigenvalue weighted by Crippen LogP contribution is 2.36. The first-order valence-corrected chi connectivity index (χ1v) is 7.62. The van der Waals surface area contributed by atoms with Crippen LogP contribution >= 0.6 is 0 Å². The van der Waals surface area contributed by atoms with Crippen LogP contribution in [0.25, 0.3) is 0 Å². The monoisotopic (exact) mass is 289 g/mol. The third-order valence-corrected chi connectivity index (χ3v) is 4.34. The number of aliphatic carboxylic acids is 1. The molecule has 1 amide bonds. The molecule has 0 atom stereocenters. The molecular weight excluding hydrogens is 266 g/mol. The molecule has 2 N–H and O–H groups in total. The second-order valence-electron chi connectivity index (χ2n) is 6.17. The van der Waals surface area contributed by atoms with Crippen LogP contribution in [0.15, 0.2) is 24.3 Å². The number of carbonyl (C=O) groups excluding carboxylic acids is 1. The van der Waals surface area contributed by atoms with E-state index in [0.29, 0.717) is 6.42 Å². The van der Waals surface area contributed by atoms with E-state index in [9.17, 15) is 9.59 Å². The standard InChI is InChI=1S/C17H23NO3/c1-17(11-3-2-4-12-17)16(21)18-14-8-5-13(6-9-14)7-10-15(19)20/h5-6,8-9H,2-4,7,10-12H2,1H3,(H,18,21)(H,19,20). The van der Waals surface area contributed by atoms with Crippen molar-refractivity contribution in [2.24, 2.45) is 5.41 Å². The Morgan fingerprint density at radius 1 is 1.14 bits per heavy atom. The van der Waals surface area contributed by atoms with Crippen molar-refractivity contribution in [1.82, 2.24) is 0 Å². The minimum Gasteiger partial charge on any atom is -0.481 e. The molecular formula is C17H23NO3. The summed E-state index contributed by atoms with van der Waals surface area (Å²) in [5, 5.41) is 11.7. The van der Waals surface area contributed by atoms with Gasteiger partial charge in [-0.2, -0.15) is 0 Å². The number of rotatable bonds is 5. The van der Waals surface area contributed by atoms with E-state index in [2.05, 4.69) is 5.32 Å². The summed E-state index contributed by atoms with van der Waals surface area (Å²) >= 11 is 0. The summed E-state index contributed by atoms with van der Waals surface area (Å²) < 4.78 is 0. The Morgan fingerprint density at radius 3 is 2.33 bits per heavy atom. The molecule has 1 saturated carbocycles. The van der Waals surface area contributed by atoms with E-state index >= 15 is 0 Å². The highest BCUT2D eigenvalue weighted by molar-refractivity contribution is 5.95. The molecule has 0 aliphatic heterocycles. The number of hydrogen-bond donors (Lipinski definition) is 2. The summed E-state index contributed by atoms with van der Waals surface area (Å²) in [5.74, 6) is -0.696. The molecule has 0 saturated heterocycles. The highest BCUT2D eigenvalue weighted by Gasteiger charge is 2.34. The lowest BCUT2D eigenvalue weighted by atomic mass is 9.75. The maximum absolute atomic E-state index is 12.4. The molecule has 0 heterocycles. The number of nitrogens with one attached hydrogen (secondary N) is 1. The van der Waals surface area contributed by atoms with E-state index in [1.54, 1.807) is 0 Å². The Bertz CT molecular complexity index is 501. The van der Waals surface area contributed by atoms with Gasteiger partial charge in [0.2, 0.25) is 5.91 Å². The van der Waals surface area contributed by atoms with E-state index in [1.807, 2.05) is 31.2 Å². The molecule has 0 aromatic heterocycles. The van der Waals surface area contributed by atoms with Gasteiger partial charge in [-0.25, -0.2) is 0 Å². The second-order valence-corrected chi connectivity index (χ2v) is 6.17. The third-order valence-electron chi connectivity index (χ3n) is 4.34. The highest BCUT2D eigenvalue weighted by atomic mass is 16.4. The molecule has 4 nitrogen and oxygen atoms in total. The SMILES string of the molecule is CC1(C(=O)Nc2ccc(CCC(=O)O)cc2)CCCCC1. The molecule has 0 unspecified atom stereocenters. The fourth-order valence-corrected chi connectivity index (χ4v) is 2.85. The van der Waals surface area contributed by atoms with Crippen LogP contribution in [-0.2, 0) is 16.0 Å². The van der Waals surface area contributed by atoms with Crippen molar-refractivity contribution < 1.29 is 14.7 Å². The quantitative estimate of drug-likeness (QED) is 0.870. The molecule has 1 aromatic rings. The van der Waals surface area contributed by atoms with Crippen LogP contribution in [-0.4, -0.2) is 17.0 Å². The first kappa shape index (κ1) is 15.5. The maximum atomic E-state index is 12.4. The van der Waals surface area contributed by atoms with Crippen molar-refractivity contribution in [3.8, 4) is 0 Å². The Balaban J connectivity index is 1.93. The molecule has 0 bridgehead atoms. The Hall–Kier alpha value is -1.84. The number of amides is 1. The van der Waals surface area contributed by atoms with Gasteiger partial charge < -0.3 is 10.4 Å². The summed E-state index contributed by atoms with van der Waals surface area (Å²) in [6.45, 7) is 2.04. The zero-order chi connectivity index (χ0) is 15.3. The number of aryl methyl sites for hydroxylation is 1. The Labute approximate surface area is 125 Å². The second kappa shape index (κ2) is 6.74. The molecule has 1 fully saturated rings. The lowest BCUT2D eigenvalue weighted by Crippen LogP contribution is -2.35. The third kappa shape index (κ3) is 4.31. The number of carbonyl (C=O) groups is 2. The summed E-state index contributed by atoms with van der Waals surface area (Å²) in [5.41, 5.74) is 1.50. The van der Waals surface area contributed by atoms with Gasteiger partial charge in [-0.3, -0.25) is 9.59 Å². The number of benzene rings is 1. The topological polar surface area (TPSA) is 66.4 Å². The average molecular weight is 289 g/mol. The molecule has 0 radical (unpaired) electrons. The zero-order valence-electron chi connectivity index (χ0n) is 12.5. The molecule has 4 heteroatoms. The van der Waals surface area contributed by atoms with Gasteiger partial charge in [0.25, 0.3) is 0 Å². The first-order chi connectivity index (χ1) is 9.99. The maximum Gasteiger partial charge on any atom is 0.303 e. The van der Waals surface area contributed by atoms with Crippen LogP contribution < -0.4 is 5.32 Å². The van der Waals surface area contributed by atoms with Gasteiger partial charge in [0.15, 0.2) is 0 Å². The first-order valence-electron chi connectivity index (χ1n) is 7.62. The fraction of sp³-hybridized carbons (Fsp3) is 0.529. The van der Waals surface area contributed by atoms with Crippen LogP contribution in [0.3, 0.4) is 0 Å². The van der Waals surface area contributed by atoms with Crippen LogP contribution in [0.5, 0.6) is 0 Å². The van der Waals surface area contributed by atoms with Crippen molar-refractivity contribution in [3.05, 3.63) is 29.8 Å². The number of hydrogen-bond acceptors (Lipinski definition) is 2. The summed E-state index contributed by atoms with van der Waals surface area (Å²) in [6, 6.07) is 7.45. The lowest BCUT2D eigenvalue weighted by molar-refractivity contribution is -0.137. The van der Waals surface area contributed by atoms with Crippen molar-refractivity contribution in [1.29, 1.82) is 0 Å². The predicted molar refractivity (Wildman–Crippen MR) is 82.2 cm³/mol. The summed E-state index contributed by atoms with van der Waals surface area (Å²) in [6.07, 6.45) is 6.02. The number of carboxylic acid groups (broad SMARTS) is 1. The van der Waals surface area contributed by atoms with E-state index in [4.69, 9.17) is 5.11 Å². The van der Waals surface area contributed by atoms with Crippen molar-refractivity contribution in [3.63, 3.8) is 0 Å². The van der Waals surface area contributed by atoms with Crippen molar-refractivity contribution in [2.75, 3.05) is 5.32 Å². The molecule has 0 spiro atoms. The van der Waals surface area contributed by atoms with E-state index in [1.165, 1.54) is 6.42 Å². The van der Waals surface area contributed by atoms with E-state index in [-0.39, 0.29) is 17.7 Å². The van der Waals surface area contributed by atoms with Crippen molar-refractivity contribution in [2.45, 2.75) is 51.9 Å². The van der Waals surface area contributed by atoms with Crippen LogP contribution in [0, 0.1) is 5.41 Å². The molecule has 1 aliphatic rings. The molecule has 21 heavy (non-hydrogen) atoms. The summed E-state index contributed by atoms with van der Waals surface area (Å²) in [4.78, 5) is 22.9. The number of carboxylic acids is 1. The van der Waals surface area contributed by atoms with Gasteiger partial charge in [0.05, 0.1) is 0 Å². The molecule has 1 aliphatic carbocycles. The molecule has 114 valence electrons. The van der Waals surface area contributed by atoms with Gasteiger partial charge in [-0.05, 0) is 37.0 Å². The Morgan fingerprint density at radius 2 is 1.76 bits per heavy atom. The van der Waals surface area contributed by atoms with Gasteiger partial charge in [-0.1, -0.05) is 38.3 Å². The normalized spacial score (nSPS) is 17.2. The molecule has 1 aromatic carbocycles. The van der Waals surface area contributed by atoms with Crippen LogP contribution in [0.1, 0.15) is 51.0 Å². The minimum atomic E-state index is -0.794. The van der Waals surface area contributed by atoms with Gasteiger partial charge in [0.1, 0.15) is 0 Å². The van der Waals surface area contributed by atoms with Crippen LogP contribution in [0.2, 0.25) is 0 Å². The largest absolute Gasteiger partial charge is 0.481 e. The van der Waals surface area contributed by atoms with Gasteiger partial charge >= 0.3 is 5.97 Å². The predicted octanol–water partition coefficient (Wildman–Crippen LogP) is 3.61. The number of anilines is 1.